The third-order valence-corrected chi connectivity index (χ3v) is 8.76. The zero-order valence-corrected chi connectivity index (χ0v) is 26.7. The number of hydrogen-bond donors (Lipinski definition) is 0. The molecular formula is C41H23F7N4. The molecule has 52 heavy (non-hydrogen) atoms. The molecule has 0 saturated heterocycles. The smallest absolute Gasteiger partial charge is 0.308 e. The summed E-state index contributed by atoms with van der Waals surface area (Å²) >= 11 is 0. The Morgan fingerprint density at radius 2 is 0.904 bits per heavy atom. The molecule has 0 saturated carbocycles. The summed E-state index contributed by atoms with van der Waals surface area (Å²) in [5.41, 5.74) is 1.55. The quantitative estimate of drug-likeness (QED) is 0.168. The molecule has 6 aromatic carbocycles. The Labute approximate surface area is 291 Å². The first kappa shape index (κ1) is 32.8. The maximum atomic E-state index is 14.5. The van der Waals surface area contributed by atoms with Crippen molar-refractivity contribution in [3.63, 3.8) is 0 Å². The molecule has 2 aromatic heterocycles. The molecule has 0 spiro atoms. The molecule has 0 bridgehead atoms. The summed E-state index contributed by atoms with van der Waals surface area (Å²) in [7, 11) is 0. The van der Waals surface area contributed by atoms with E-state index in [1.54, 1.807) is 34.9 Å². The summed E-state index contributed by atoms with van der Waals surface area (Å²) in [4.78, 5) is 14.4. The highest BCUT2D eigenvalue weighted by atomic mass is 19.4. The van der Waals surface area contributed by atoms with Crippen molar-refractivity contribution in [2.24, 2.45) is 0 Å². The van der Waals surface area contributed by atoms with Gasteiger partial charge in [-0.3, -0.25) is 0 Å². The van der Waals surface area contributed by atoms with Gasteiger partial charge in [-0.25, -0.2) is 19.3 Å². The van der Waals surface area contributed by atoms with E-state index in [0.717, 1.165) is 24.3 Å². The number of fused-ring (bicyclic) bond motifs is 3. The van der Waals surface area contributed by atoms with Gasteiger partial charge in [0.05, 0.1) is 27.8 Å². The van der Waals surface area contributed by atoms with Gasteiger partial charge in [-0.15, -0.1) is 0 Å². The summed E-state index contributed by atoms with van der Waals surface area (Å²) in [6.45, 7) is 0. The first-order valence-electron chi connectivity index (χ1n) is 15.9. The first-order valence-corrected chi connectivity index (χ1v) is 15.9. The van der Waals surface area contributed by atoms with Gasteiger partial charge < -0.3 is 4.57 Å². The fourth-order valence-corrected chi connectivity index (χ4v) is 6.32. The summed E-state index contributed by atoms with van der Waals surface area (Å²) in [5.74, 6) is 0.395. The molecule has 8 rings (SSSR count). The Kier molecular flexibility index (Phi) is 7.86. The molecule has 0 atom stereocenters. The van der Waals surface area contributed by atoms with Crippen LogP contribution in [-0.4, -0.2) is 19.5 Å². The minimum atomic E-state index is -4.75. The van der Waals surface area contributed by atoms with Gasteiger partial charge in [-0.2, -0.15) is 26.3 Å². The van der Waals surface area contributed by atoms with Crippen LogP contribution in [0.1, 0.15) is 11.1 Å². The van der Waals surface area contributed by atoms with Gasteiger partial charge in [0.2, 0.25) is 0 Å². The fraction of sp³-hybridized carbons (Fsp3) is 0.0488. The van der Waals surface area contributed by atoms with E-state index in [1.807, 2.05) is 60.7 Å². The molecule has 8 aromatic rings. The molecule has 0 radical (unpaired) electrons. The Morgan fingerprint density at radius 3 is 1.40 bits per heavy atom. The van der Waals surface area contributed by atoms with E-state index in [0.29, 0.717) is 45.2 Å². The van der Waals surface area contributed by atoms with E-state index in [4.69, 9.17) is 15.0 Å². The lowest BCUT2D eigenvalue weighted by Crippen LogP contribution is -2.05. The van der Waals surface area contributed by atoms with Crippen molar-refractivity contribution in [2.75, 3.05) is 0 Å². The predicted molar refractivity (Wildman–Crippen MR) is 186 cm³/mol. The van der Waals surface area contributed by atoms with Gasteiger partial charge in [0, 0.05) is 27.5 Å². The van der Waals surface area contributed by atoms with Crippen LogP contribution in [0.4, 0.5) is 30.7 Å². The van der Waals surface area contributed by atoms with Crippen LogP contribution in [0.15, 0.2) is 140 Å². The van der Waals surface area contributed by atoms with Gasteiger partial charge in [0.1, 0.15) is 5.82 Å². The van der Waals surface area contributed by atoms with E-state index in [1.165, 1.54) is 24.3 Å². The van der Waals surface area contributed by atoms with Crippen molar-refractivity contribution in [3.05, 3.63) is 156 Å². The molecule has 0 aliphatic rings. The maximum Gasteiger partial charge on any atom is 0.416 e. The molecule has 256 valence electrons. The SMILES string of the molecule is Fc1cccc(-c2ccc(-c3nc(-c4ccccc4)nc(-c4ccccc4)n3)c(-n3c4ccc(C(F)(F)F)cc4c4cc(C(F)(F)F)ccc43)c2)c1. The van der Waals surface area contributed by atoms with E-state index in [2.05, 4.69) is 0 Å². The van der Waals surface area contributed by atoms with Crippen LogP contribution in [0, 0.1) is 5.82 Å². The molecule has 0 fully saturated rings. The summed E-state index contributed by atoms with van der Waals surface area (Å²) in [5, 5.41) is -0.0766. The third kappa shape index (κ3) is 6.04. The predicted octanol–water partition coefficient (Wildman–Crippen LogP) is 11.8. The lowest BCUT2D eigenvalue weighted by molar-refractivity contribution is -0.138. The number of rotatable bonds is 5. The van der Waals surface area contributed by atoms with Crippen molar-refractivity contribution in [1.29, 1.82) is 0 Å². The van der Waals surface area contributed by atoms with Crippen LogP contribution in [0.25, 0.3) is 72.8 Å². The number of hydrogen-bond acceptors (Lipinski definition) is 3. The summed E-state index contributed by atoms with van der Waals surface area (Å²) in [6.07, 6.45) is -9.50. The summed E-state index contributed by atoms with van der Waals surface area (Å²) < 4.78 is 100.0. The topological polar surface area (TPSA) is 43.6 Å². The first-order chi connectivity index (χ1) is 24.9. The lowest BCUT2D eigenvalue weighted by Gasteiger charge is -2.17. The molecular weight excluding hydrogens is 681 g/mol. The van der Waals surface area contributed by atoms with E-state index >= 15 is 0 Å². The zero-order valence-electron chi connectivity index (χ0n) is 26.7. The maximum absolute atomic E-state index is 14.5. The Bertz CT molecular complexity index is 2480. The average Bonchev–Trinajstić information content (AvgIpc) is 3.47. The zero-order chi connectivity index (χ0) is 36.2. The molecule has 0 aliphatic heterocycles. The standard InChI is InChI=1S/C41H23F7N4/c42-30-13-7-12-26(20-30)27-14-17-31(39-50-37(24-8-3-1-4-9-24)49-38(51-39)25-10-5-2-6-11-25)36(21-27)52-34-18-15-28(40(43,44)45)22-32(34)33-23-29(41(46,47)48)16-19-35(33)52/h1-23H. The monoisotopic (exact) mass is 704 g/mol. The molecule has 11 heteroatoms. The Balaban J connectivity index is 1.47. The van der Waals surface area contributed by atoms with Crippen LogP contribution < -0.4 is 0 Å². The average molecular weight is 705 g/mol. The minimum Gasteiger partial charge on any atom is -0.308 e. The number of halogens is 7. The fourth-order valence-electron chi connectivity index (χ4n) is 6.32. The van der Waals surface area contributed by atoms with Gasteiger partial charge >= 0.3 is 12.4 Å². The van der Waals surface area contributed by atoms with E-state index in [-0.39, 0.29) is 27.6 Å². The molecule has 0 amide bonds. The normalized spacial score (nSPS) is 12.1. The number of alkyl halides is 6. The highest BCUT2D eigenvalue weighted by Gasteiger charge is 2.33. The van der Waals surface area contributed by atoms with Crippen LogP contribution in [0.5, 0.6) is 0 Å². The molecule has 0 aliphatic carbocycles. The Morgan fingerprint density at radius 1 is 0.423 bits per heavy atom. The second kappa shape index (κ2) is 12.4. The molecule has 0 N–H and O–H groups in total. The number of aromatic nitrogens is 4. The van der Waals surface area contributed by atoms with Gasteiger partial charge in [-0.1, -0.05) is 78.9 Å². The molecule has 0 unspecified atom stereocenters. The molecule has 2 heterocycles. The second-order valence-electron chi connectivity index (χ2n) is 12.1. The van der Waals surface area contributed by atoms with Crippen molar-refractivity contribution in [2.45, 2.75) is 12.4 Å². The minimum absolute atomic E-state index is 0.0383. The largest absolute Gasteiger partial charge is 0.416 e. The van der Waals surface area contributed by atoms with Crippen LogP contribution in [0.2, 0.25) is 0 Å². The van der Waals surface area contributed by atoms with Crippen molar-refractivity contribution in [3.8, 4) is 51.0 Å². The third-order valence-electron chi connectivity index (χ3n) is 8.76. The van der Waals surface area contributed by atoms with Crippen molar-refractivity contribution >= 4 is 21.8 Å². The highest BCUT2D eigenvalue weighted by molar-refractivity contribution is 6.10. The van der Waals surface area contributed by atoms with Crippen molar-refractivity contribution in [1.82, 2.24) is 19.5 Å². The van der Waals surface area contributed by atoms with E-state index in [9.17, 15) is 30.7 Å². The Hall–Kier alpha value is -6.36. The van der Waals surface area contributed by atoms with Crippen LogP contribution >= 0.6 is 0 Å². The highest BCUT2D eigenvalue weighted by Crippen LogP contribution is 2.42. The van der Waals surface area contributed by atoms with Gasteiger partial charge in [0.15, 0.2) is 17.5 Å². The summed E-state index contributed by atoms with van der Waals surface area (Å²) in [6, 6.07) is 35.4. The van der Waals surface area contributed by atoms with E-state index < -0.39 is 29.3 Å². The molecule has 4 nitrogen and oxygen atoms in total. The second-order valence-corrected chi connectivity index (χ2v) is 12.1. The van der Waals surface area contributed by atoms with Crippen LogP contribution in [-0.2, 0) is 12.4 Å². The number of benzene rings is 6. The van der Waals surface area contributed by atoms with Crippen molar-refractivity contribution < 1.29 is 30.7 Å². The van der Waals surface area contributed by atoms with Gasteiger partial charge in [-0.05, 0) is 71.8 Å². The lowest BCUT2D eigenvalue weighted by atomic mass is 10.0. The van der Waals surface area contributed by atoms with Gasteiger partial charge in [0.25, 0.3) is 0 Å². The number of nitrogens with zero attached hydrogens (tertiary/aromatic N) is 4. The van der Waals surface area contributed by atoms with Crippen LogP contribution in [0.3, 0.4) is 0 Å².